The number of anilines is 2. The van der Waals surface area contributed by atoms with Gasteiger partial charge in [0.1, 0.15) is 5.75 Å². The van der Waals surface area contributed by atoms with E-state index >= 15 is 0 Å². The zero-order chi connectivity index (χ0) is 20.9. The van der Waals surface area contributed by atoms with E-state index < -0.39 is 0 Å². The highest BCUT2D eigenvalue weighted by molar-refractivity contribution is 5.92. The summed E-state index contributed by atoms with van der Waals surface area (Å²) in [5.74, 6) is 1.77. The molecule has 1 fully saturated rings. The van der Waals surface area contributed by atoms with Crippen LogP contribution in [-0.4, -0.2) is 33.9 Å². The number of carbonyl (C=O) groups excluding carboxylic acids is 1. The molecular formula is C23H25N5O2. The average Bonchev–Trinajstić information content (AvgIpc) is 2.78. The third-order valence-corrected chi connectivity index (χ3v) is 5.33. The number of pyridine rings is 1. The molecule has 7 heteroatoms. The minimum absolute atomic E-state index is 0.0136. The van der Waals surface area contributed by atoms with Crippen molar-refractivity contribution >= 4 is 17.5 Å². The second kappa shape index (κ2) is 8.90. The molecule has 3 aromatic rings. The molecule has 1 aliphatic rings. The van der Waals surface area contributed by atoms with Crippen molar-refractivity contribution in [3.63, 3.8) is 0 Å². The number of aryl methyl sites for hydroxylation is 2. The van der Waals surface area contributed by atoms with Crippen molar-refractivity contribution in [3.8, 4) is 11.6 Å². The summed E-state index contributed by atoms with van der Waals surface area (Å²) >= 11 is 0. The molecule has 1 amide bonds. The van der Waals surface area contributed by atoms with E-state index in [1.165, 1.54) is 11.1 Å². The fourth-order valence-corrected chi connectivity index (χ4v) is 3.48. The molecular weight excluding hydrogens is 378 g/mol. The molecule has 1 saturated heterocycles. The van der Waals surface area contributed by atoms with Gasteiger partial charge < -0.3 is 15.0 Å². The van der Waals surface area contributed by atoms with Crippen LogP contribution in [0.4, 0.5) is 11.6 Å². The normalized spacial score (nSPS) is 16.2. The van der Waals surface area contributed by atoms with Crippen molar-refractivity contribution in [2.45, 2.75) is 26.7 Å². The maximum Gasteiger partial charge on any atom is 0.229 e. The van der Waals surface area contributed by atoms with Gasteiger partial charge in [0, 0.05) is 31.5 Å². The molecule has 1 N–H and O–H groups in total. The number of rotatable bonds is 5. The van der Waals surface area contributed by atoms with Crippen LogP contribution >= 0.6 is 0 Å². The molecule has 0 radical (unpaired) electrons. The maximum absolute atomic E-state index is 12.8. The lowest BCUT2D eigenvalue weighted by atomic mass is 9.97. The standard InChI is InChI=1S/C23H25N5O2/c1-16-6-8-20(13-17(16)2)30-21-9-7-19(14-26-21)27-22(29)18-5-3-12-28(15-18)23-24-10-4-11-25-23/h4,6-11,13-14,18H,3,5,12,15H2,1-2H3,(H,27,29). The van der Waals surface area contributed by atoms with Crippen molar-refractivity contribution in [1.82, 2.24) is 15.0 Å². The van der Waals surface area contributed by atoms with Crippen molar-refractivity contribution < 1.29 is 9.53 Å². The second-order valence-electron chi connectivity index (χ2n) is 7.56. The summed E-state index contributed by atoms with van der Waals surface area (Å²) in [6.45, 7) is 5.58. The Labute approximate surface area is 176 Å². The van der Waals surface area contributed by atoms with E-state index in [-0.39, 0.29) is 11.8 Å². The smallest absolute Gasteiger partial charge is 0.229 e. The Morgan fingerprint density at radius 2 is 1.93 bits per heavy atom. The van der Waals surface area contributed by atoms with Crippen molar-refractivity contribution in [1.29, 1.82) is 0 Å². The second-order valence-corrected chi connectivity index (χ2v) is 7.56. The van der Waals surface area contributed by atoms with E-state index in [0.29, 0.717) is 24.1 Å². The molecule has 4 rings (SSSR count). The number of hydrogen-bond acceptors (Lipinski definition) is 6. The van der Waals surface area contributed by atoms with Gasteiger partial charge in [-0.05, 0) is 62.1 Å². The minimum Gasteiger partial charge on any atom is -0.439 e. The summed E-state index contributed by atoms with van der Waals surface area (Å²) in [6.07, 6.45) is 6.83. The average molecular weight is 403 g/mol. The van der Waals surface area contributed by atoms with Crippen molar-refractivity contribution in [3.05, 3.63) is 66.1 Å². The molecule has 3 heterocycles. The predicted octanol–water partition coefficient (Wildman–Crippen LogP) is 4.14. The lowest BCUT2D eigenvalue weighted by Crippen LogP contribution is -2.41. The summed E-state index contributed by atoms with van der Waals surface area (Å²) in [4.78, 5) is 27.7. The van der Waals surface area contributed by atoms with Gasteiger partial charge in [-0.1, -0.05) is 6.07 Å². The Kier molecular flexibility index (Phi) is 5.88. The topological polar surface area (TPSA) is 80.2 Å². The Balaban J connectivity index is 1.35. The minimum atomic E-state index is -0.117. The van der Waals surface area contributed by atoms with E-state index in [1.54, 1.807) is 30.7 Å². The molecule has 0 bridgehead atoms. The molecule has 7 nitrogen and oxygen atoms in total. The molecule has 0 saturated carbocycles. The highest BCUT2D eigenvalue weighted by Gasteiger charge is 2.27. The van der Waals surface area contributed by atoms with Gasteiger partial charge in [0.05, 0.1) is 17.8 Å². The van der Waals surface area contributed by atoms with Crippen LogP contribution in [0.5, 0.6) is 11.6 Å². The molecule has 1 unspecified atom stereocenters. The number of hydrogen-bond donors (Lipinski definition) is 1. The molecule has 1 aliphatic heterocycles. The van der Waals surface area contributed by atoms with Gasteiger partial charge in [0.15, 0.2) is 0 Å². The van der Waals surface area contributed by atoms with Gasteiger partial charge >= 0.3 is 0 Å². The zero-order valence-electron chi connectivity index (χ0n) is 17.2. The molecule has 2 aromatic heterocycles. The van der Waals surface area contributed by atoms with Crippen LogP contribution < -0.4 is 15.0 Å². The number of carbonyl (C=O) groups is 1. The number of piperidine rings is 1. The number of benzene rings is 1. The van der Waals surface area contributed by atoms with Crippen molar-refractivity contribution in [2.24, 2.45) is 5.92 Å². The number of aromatic nitrogens is 3. The molecule has 1 atom stereocenters. The van der Waals surface area contributed by atoms with Gasteiger partial charge in [-0.2, -0.15) is 0 Å². The van der Waals surface area contributed by atoms with E-state index in [4.69, 9.17) is 4.74 Å². The summed E-state index contributed by atoms with van der Waals surface area (Å²) in [6, 6.07) is 11.3. The highest BCUT2D eigenvalue weighted by Crippen LogP contribution is 2.24. The first kappa shape index (κ1) is 19.8. The fraction of sp³-hybridized carbons (Fsp3) is 0.304. The van der Waals surface area contributed by atoms with E-state index in [0.717, 1.165) is 25.1 Å². The Bertz CT molecular complexity index is 1010. The van der Waals surface area contributed by atoms with Gasteiger partial charge in [0.2, 0.25) is 17.7 Å². The number of amides is 1. The summed E-state index contributed by atoms with van der Waals surface area (Å²) in [5, 5.41) is 2.97. The monoisotopic (exact) mass is 403 g/mol. The van der Waals surface area contributed by atoms with E-state index in [9.17, 15) is 4.79 Å². The SMILES string of the molecule is Cc1ccc(Oc2ccc(NC(=O)C3CCCN(c4ncccn4)C3)cn2)cc1C. The van der Waals surface area contributed by atoms with Crippen molar-refractivity contribution in [2.75, 3.05) is 23.3 Å². The quantitative estimate of drug-likeness (QED) is 0.690. The van der Waals surface area contributed by atoms with Crippen LogP contribution in [0.3, 0.4) is 0 Å². The largest absolute Gasteiger partial charge is 0.439 e. The Morgan fingerprint density at radius 3 is 2.67 bits per heavy atom. The van der Waals surface area contributed by atoms with Gasteiger partial charge in [-0.15, -0.1) is 0 Å². The van der Waals surface area contributed by atoms with E-state index in [1.807, 2.05) is 31.2 Å². The first-order chi connectivity index (χ1) is 14.6. The highest BCUT2D eigenvalue weighted by atomic mass is 16.5. The lowest BCUT2D eigenvalue weighted by Gasteiger charge is -2.31. The molecule has 1 aromatic carbocycles. The molecule has 154 valence electrons. The van der Waals surface area contributed by atoms with Gasteiger partial charge in [0.25, 0.3) is 0 Å². The number of nitrogens with zero attached hydrogens (tertiary/aromatic N) is 4. The Morgan fingerprint density at radius 1 is 1.10 bits per heavy atom. The fourth-order valence-electron chi connectivity index (χ4n) is 3.48. The van der Waals surface area contributed by atoms with Crippen LogP contribution in [0.25, 0.3) is 0 Å². The third-order valence-electron chi connectivity index (χ3n) is 5.33. The molecule has 0 aliphatic carbocycles. The third kappa shape index (κ3) is 4.74. The van der Waals surface area contributed by atoms with E-state index in [2.05, 4.69) is 32.1 Å². The van der Waals surface area contributed by atoms with Gasteiger partial charge in [-0.3, -0.25) is 4.79 Å². The predicted molar refractivity (Wildman–Crippen MR) is 116 cm³/mol. The molecule has 30 heavy (non-hydrogen) atoms. The van der Waals surface area contributed by atoms with Crippen LogP contribution in [0, 0.1) is 19.8 Å². The first-order valence-electron chi connectivity index (χ1n) is 10.1. The molecule has 0 spiro atoms. The number of nitrogens with one attached hydrogen (secondary N) is 1. The van der Waals surface area contributed by atoms with Crippen LogP contribution in [-0.2, 0) is 4.79 Å². The summed E-state index contributed by atoms with van der Waals surface area (Å²) in [7, 11) is 0. The number of ether oxygens (including phenoxy) is 1. The van der Waals surface area contributed by atoms with Gasteiger partial charge in [-0.25, -0.2) is 15.0 Å². The lowest BCUT2D eigenvalue weighted by molar-refractivity contribution is -0.120. The Hall–Kier alpha value is -3.48. The summed E-state index contributed by atoms with van der Waals surface area (Å²) < 4.78 is 5.81. The summed E-state index contributed by atoms with van der Waals surface area (Å²) in [5.41, 5.74) is 3.04. The zero-order valence-corrected chi connectivity index (χ0v) is 17.2. The first-order valence-corrected chi connectivity index (χ1v) is 10.1. The maximum atomic E-state index is 12.8. The van der Waals surface area contributed by atoms with Crippen LogP contribution in [0.15, 0.2) is 55.0 Å². The van der Waals surface area contributed by atoms with Crippen LogP contribution in [0.1, 0.15) is 24.0 Å². The van der Waals surface area contributed by atoms with Crippen LogP contribution in [0.2, 0.25) is 0 Å².